The highest BCUT2D eigenvalue weighted by molar-refractivity contribution is 9.09. The van der Waals surface area contributed by atoms with Gasteiger partial charge in [0, 0.05) is 31.8 Å². The highest BCUT2D eigenvalue weighted by Crippen LogP contribution is 2.24. The monoisotopic (exact) mass is 364 g/mol. The van der Waals surface area contributed by atoms with E-state index in [2.05, 4.69) is 15.9 Å². The average Bonchev–Trinajstić information content (AvgIpc) is 2.37. The number of rotatable bonds is 6. The maximum absolute atomic E-state index is 12.3. The Morgan fingerprint density at radius 3 is 2.80 bits per heavy atom. The SMILES string of the molecule is COCC(Br)CN(C)C(=O)c1cc(Cl)ccc1[N+](=O)[O-]. The fourth-order valence-electron chi connectivity index (χ4n) is 1.66. The molecule has 0 fully saturated rings. The molecule has 0 spiro atoms. The highest BCUT2D eigenvalue weighted by Gasteiger charge is 2.24. The molecule has 8 heteroatoms. The number of carbonyl (C=O) groups excluding carboxylic acids is 1. The first-order valence-electron chi connectivity index (χ1n) is 5.69. The summed E-state index contributed by atoms with van der Waals surface area (Å²) in [6.07, 6.45) is 0. The molecule has 0 N–H and O–H groups in total. The summed E-state index contributed by atoms with van der Waals surface area (Å²) in [6.45, 7) is 0.783. The summed E-state index contributed by atoms with van der Waals surface area (Å²) in [5.74, 6) is -0.459. The fourth-order valence-corrected chi connectivity index (χ4v) is 2.53. The second-order valence-corrected chi connectivity index (χ2v) is 5.89. The predicted molar refractivity (Wildman–Crippen MR) is 79.7 cm³/mol. The van der Waals surface area contributed by atoms with Crippen molar-refractivity contribution in [3.8, 4) is 0 Å². The highest BCUT2D eigenvalue weighted by atomic mass is 79.9. The van der Waals surface area contributed by atoms with E-state index in [4.69, 9.17) is 16.3 Å². The Morgan fingerprint density at radius 1 is 1.60 bits per heavy atom. The third kappa shape index (κ3) is 4.43. The van der Waals surface area contributed by atoms with Crippen LogP contribution in [-0.4, -0.2) is 47.9 Å². The smallest absolute Gasteiger partial charge is 0.282 e. The molecule has 0 saturated carbocycles. The minimum absolute atomic E-state index is 0.0258. The molecule has 0 aliphatic rings. The Kier molecular flexibility index (Phi) is 6.38. The number of nitro benzene ring substituents is 1. The molecule has 1 aromatic carbocycles. The summed E-state index contributed by atoms with van der Waals surface area (Å²) >= 11 is 9.17. The van der Waals surface area contributed by atoms with Crippen molar-refractivity contribution < 1.29 is 14.5 Å². The van der Waals surface area contributed by atoms with Gasteiger partial charge in [-0.1, -0.05) is 27.5 Å². The molecule has 0 saturated heterocycles. The Hall–Kier alpha value is -1.18. The quantitative estimate of drug-likeness (QED) is 0.441. The van der Waals surface area contributed by atoms with E-state index in [9.17, 15) is 14.9 Å². The number of halogens is 2. The second-order valence-electron chi connectivity index (χ2n) is 4.16. The van der Waals surface area contributed by atoms with E-state index in [0.717, 1.165) is 0 Å². The molecule has 0 heterocycles. The largest absolute Gasteiger partial charge is 0.383 e. The van der Waals surface area contributed by atoms with Gasteiger partial charge in [0.05, 0.1) is 16.4 Å². The van der Waals surface area contributed by atoms with Crippen LogP contribution in [0.3, 0.4) is 0 Å². The lowest BCUT2D eigenvalue weighted by Gasteiger charge is -2.20. The first kappa shape index (κ1) is 16.9. The van der Waals surface area contributed by atoms with Gasteiger partial charge in [0.2, 0.25) is 0 Å². The average molecular weight is 366 g/mol. The van der Waals surface area contributed by atoms with Gasteiger partial charge in [-0.25, -0.2) is 0 Å². The molecule has 6 nitrogen and oxygen atoms in total. The molecule has 0 aliphatic heterocycles. The zero-order valence-corrected chi connectivity index (χ0v) is 13.3. The summed E-state index contributed by atoms with van der Waals surface area (Å²) in [6, 6.07) is 3.91. The van der Waals surface area contributed by atoms with Crippen LogP contribution < -0.4 is 0 Å². The standard InChI is InChI=1S/C12H14BrClN2O4/c1-15(6-8(13)7-20-2)12(17)10-5-9(14)3-4-11(10)16(18)19/h3-5,8H,6-7H2,1-2H3. The molecular formula is C12H14BrClN2O4. The van der Waals surface area contributed by atoms with Gasteiger partial charge in [-0.15, -0.1) is 0 Å². The molecule has 0 bridgehead atoms. The first-order valence-corrected chi connectivity index (χ1v) is 6.98. The van der Waals surface area contributed by atoms with Crippen molar-refractivity contribution >= 4 is 39.1 Å². The van der Waals surface area contributed by atoms with Crippen LogP contribution in [0.15, 0.2) is 18.2 Å². The van der Waals surface area contributed by atoms with Crippen LogP contribution in [0.5, 0.6) is 0 Å². The van der Waals surface area contributed by atoms with Gasteiger partial charge in [0.1, 0.15) is 5.56 Å². The third-order valence-electron chi connectivity index (χ3n) is 2.55. The van der Waals surface area contributed by atoms with E-state index in [1.165, 1.54) is 23.1 Å². The normalized spacial score (nSPS) is 12.0. The maximum Gasteiger partial charge on any atom is 0.282 e. The molecule has 1 unspecified atom stereocenters. The summed E-state index contributed by atoms with van der Waals surface area (Å²) in [4.78, 5) is 23.9. The Bertz CT molecular complexity index is 512. The number of benzene rings is 1. The molecule has 1 aromatic rings. The number of ether oxygens (including phenoxy) is 1. The lowest BCUT2D eigenvalue weighted by Crippen LogP contribution is -2.34. The van der Waals surface area contributed by atoms with Crippen LogP contribution in [-0.2, 0) is 4.74 Å². The van der Waals surface area contributed by atoms with Gasteiger partial charge in [0.25, 0.3) is 11.6 Å². The molecule has 1 rings (SSSR count). The first-order chi connectivity index (χ1) is 9.36. The minimum Gasteiger partial charge on any atom is -0.383 e. The Labute approximate surface area is 129 Å². The van der Waals surface area contributed by atoms with Crippen molar-refractivity contribution in [2.75, 3.05) is 27.3 Å². The van der Waals surface area contributed by atoms with Crippen LogP contribution in [0.4, 0.5) is 5.69 Å². The number of amides is 1. The Morgan fingerprint density at radius 2 is 2.25 bits per heavy atom. The van der Waals surface area contributed by atoms with Crippen molar-refractivity contribution in [3.63, 3.8) is 0 Å². The van der Waals surface area contributed by atoms with Crippen molar-refractivity contribution in [2.24, 2.45) is 0 Å². The van der Waals surface area contributed by atoms with Gasteiger partial charge in [-0.3, -0.25) is 14.9 Å². The van der Waals surface area contributed by atoms with Crippen molar-refractivity contribution in [1.29, 1.82) is 0 Å². The molecule has 0 aromatic heterocycles. The molecule has 1 amide bonds. The number of methoxy groups -OCH3 is 1. The number of hydrogen-bond acceptors (Lipinski definition) is 4. The molecular weight excluding hydrogens is 351 g/mol. The summed E-state index contributed by atoms with van der Waals surface area (Å²) in [7, 11) is 3.12. The summed E-state index contributed by atoms with van der Waals surface area (Å²) < 4.78 is 4.96. The zero-order chi connectivity index (χ0) is 15.3. The summed E-state index contributed by atoms with van der Waals surface area (Å²) in [5, 5.41) is 11.2. The second kappa shape index (κ2) is 7.56. The van der Waals surface area contributed by atoms with E-state index in [-0.39, 0.29) is 21.1 Å². The van der Waals surface area contributed by atoms with Crippen molar-refractivity contribution in [1.82, 2.24) is 4.90 Å². The number of nitrogens with zero attached hydrogens (tertiary/aromatic N) is 2. The topological polar surface area (TPSA) is 72.7 Å². The molecule has 0 radical (unpaired) electrons. The van der Waals surface area contributed by atoms with Crippen LogP contribution in [0.1, 0.15) is 10.4 Å². The van der Waals surface area contributed by atoms with Crippen LogP contribution in [0, 0.1) is 10.1 Å². The third-order valence-corrected chi connectivity index (χ3v) is 3.34. The lowest BCUT2D eigenvalue weighted by atomic mass is 10.1. The molecule has 0 aliphatic carbocycles. The van der Waals surface area contributed by atoms with E-state index >= 15 is 0 Å². The van der Waals surface area contributed by atoms with E-state index in [1.807, 2.05) is 0 Å². The van der Waals surface area contributed by atoms with Crippen molar-refractivity contribution in [3.05, 3.63) is 38.9 Å². The van der Waals surface area contributed by atoms with Gasteiger partial charge in [0.15, 0.2) is 0 Å². The van der Waals surface area contributed by atoms with E-state index in [0.29, 0.717) is 13.2 Å². The number of carbonyl (C=O) groups is 1. The van der Waals surface area contributed by atoms with E-state index in [1.54, 1.807) is 14.2 Å². The number of alkyl halides is 1. The van der Waals surface area contributed by atoms with Crippen molar-refractivity contribution in [2.45, 2.75) is 4.83 Å². The fraction of sp³-hybridized carbons (Fsp3) is 0.417. The predicted octanol–water partition coefficient (Wildman–Crippen LogP) is 2.73. The van der Waals surface area contributed by atoms with Gasteiger partial charge in [-0.05, 0) is 12.1 Å². The maximum atomic E-state index is 12.3. The van der Waals surface area contributed by atoms with Crippen LogP contribution in [0.25, 0.3) is 0 Å². The zero-order valence-electron chi connectivity index (χ0n) is 11.0. The Balaban J connectivity index is 2.96. The number of hydrogen-bond donors (Lipinski definition) is 0. The molecule has 110 valence electrons. The molecule has 20 heavy (non-hydrogen) atoms. The minimum atomic E-state index is -0.599. The van der Waals surface area contributed by atoms with E-state index < -0.39 is 10.8 Å². The van der Waals surface area contributed by atoms with Gasteiger partial charge in [-0.2, -0.15) is 0 Å². The lowest BCUT2D eigenvalue weighted by molar-refractivity contribution is -0.385. The number of nitro groups is 1. The van der Waals surface area contributed by atoms with Crippen LogP contribution >= 0.6 is 27.5 Å². The summed E-state index contributed by atoms with van der Waals surface area (Å²) in [5.41, 5.74) is -0.286. The van der Waals surface area contributed by atoms with Gasteiger partial charge >= 0.3 is 0 Å². The molecule has 1 atom stereocenters. The van der Waals surface area contributed by atoms with Crippen LogP contribution in [0.2, 0.25) is 5.02 Å². The van der Waals surface area contributed by atoms with Gasteiger partial charge < -0.3 is 9.64 Å².